The number of hydrazine groups is 1. The summed E-state index contributed by atoms with van der Waals surface area (Å²) in [6.45, 7) is 4.64. The Morgan fingerprint density at radius 2 is 1.91 bits per heavy atom. The minimum Gasteiger partial charge on any atom is -0.393 e. The van der Waals surface area contributed by atoms with E-state index in [-0.39, 0.29) is 5.15 Å². The minimum absolute atomic E-state index is 0.239. The number of aromatic nitrogens is 2. The molecule has 0 unspecified atom stereocenters. The predicted octanol–water partition coefficient (Wildman–Crippen LogP) is 3.40. The van der Waals surface area contributed by atoms with Gasteiger partial charge in [-0.25, -0.2) is 15.8 Å². The number of nitrogens with zero attached hydrogens (tertiary/aromatic N) is 3. The van der Waals surface area contributed by atoms with E-state index in [2.05, 4.69) is 16.9 Å². The number of hydrogen-bond donors (Lipinski definition) is 2. The maximum atomic E-state index is 6.13. The van der Waals surface area contributed by atoms with E-state index >= 15 is 0 Å². The number of thioether (sulfide) groups is 1. The number of aryl methyl sites for hydroxylation is 1. The summed E-state index contributed by atoms with van der Waals surface area (Å²) in [5.41, 5.74) is 8.55. The second-order valence-electron chi connectivity index (χ2n) is 5.00. The van der Waals surface area contributed by atoms with Crippen LogP contribution in [0.3, 0.4) is 0 Å². The van der Waals surface area contributed by atoms with Gasteiger partial charge in [0, 0.05) is 5.75 Å². The summed E-state index contributed by atoms with van der Waals surface area (Å²) in [5, 5.41) is 2.34. The number of nitrogen functional groups attached to an aromatic ring is 1. The van der Waals surface area contributed by atoms with Gasteiger partial charge in [0.1, 0.15) is 5.69 Å². The fourth-order valence-electron chi connectivity index (χ4n) is 1.85. The molecular weight excluding hydrogens is 318 g/mol. The van der Waals surface area contributed by atoms with Crippen molar-refractivity contribution in [1.29, 1.82) is 0 Å². The Bertz CT molecular complexity index is 633. The number of halogens is 1. The summed E-state index contributed by atoms with van der Waals surface area (Å²) in [6, 6.07) is 8.14. The SMILES string of the molecule is CCCSc1nc(Cl)c(N)c(N(N)Cc2ccc(C)cc2)n1. The van der Waals surface area contributed by atoms with Crippen LogP contribution in [0.15, 0.2) is 29.4 Å². The Kier molecular flexibility index (Phi) is 5.88. The Morgan fingerprint density at radius 1 is 1.23 bits per heavy atom. The van der Waals surface area contributed by atoms with Crippen LogP contribution in [0.1, 0.15) is 24.5 Å². The van der Waals surface area contributed by atoms with E-state index in [4.69, 9.17) is 23.2 Å². The predicted molar refractivity (Wildman–Crippen MR) is 94.0 cm³/mol. The molecule has 1 aromatic carbocycles. The summed E-state index contributed by atoms with van der Waals surface area (Å²) in [5.74, 6) is 7.50. The molecule has 118 valence electrons. The molecule has 0 saturated carbocycles. The van der Waals surface area contributed by atoms with E-state index in [9.17, 15) is 0 Å². The highest BCUT2D eigenvalue weighted by atomic mass is 35.5. The summed E-state index contributed by atoms with van der Waals surface area (Å²) in [6.07, 6.45) is 1.03. The zero-order valence-electron chi connectivity index (χ0n) is 12.7. The molecule has 0 atom stereocenters. The Hall–Kier alpha value is -1.50. The molecule has 0 aliphatic heterocycles. The average Bonchev–Trinajstić information content (AvgIpc) is 2.50. The quantitative estimate of drug-likeness (QED) is 0.276. The smallest absolute Gasteiger partial charge is 0.191 e. The lowest BCUT2D eigenvalue weighted by atomic mass is 10.1. The van der Waals surface area contributed by atoms with E-state index in [1.807, 2.05) is 31.2 Å². The van der Waals surface area contributed by atoms with Crippen LogP contribution in [0, 0.1) is 6.92 Å². The van der Waals surface area contributed by atoms with E-state index in [0.29, 0.717) is 23.2 Å². The zero-order chi connectivity index (χ0) is 16.1. The first-order valence-corrected chi connectivity index (χ1v) is 8.41. The topological polar surface area (TPSA) is 81.1 Å². The fraction of sp³-hybridized carbons (Fsp3) is 0.333. The molecule has 22 heavy (non-hydrogen) atoms. The van der Waals surface area contributed by atoms with Crippen LogP contribution >= 0.6 is 23.4 Å². The van der Waals surface area contributed by atoms with Crippen molar-refractivity contribution in [2.24, 2.45) is 5.84 Å². The third kappa shape index (κ3) is 4.25. The third-order valence-electron chi connectivity index (χ3n) is 3.04. The van der Waals surface area contributed by atoms with Crippen molar-refractivity contribution in [2.45, 2.75) is 32.0 Å². The molecule has 5 nitrogen and oxygen atoms in total. The van der Waals surface area contributed by atoms with Gasteiger partial charge in [0.25, 0.3) is 0 Å². The molecule has 0 radical (unpaired) electrons. The van der Waals surface area contributed by atoms with Crippen molar-refractivity contribution in [2.75, 3.05) is 16.5 Å². The maximum absolute atomic E-state index is 6.13. The van der Waals surface area contributed by atoms with Crippen molar-refractivity contribution in [3.63, 3.8) is 0 Å². The third-order valence-corrected chi connectivity index (χ3v) is 4.38. The molecule has 0 fully saturated rings. The van der Waals surface area contributed by atoms with Gasteiger partial charge in [0.2, 0.25) is 0 Å². The standard InChI is InChI=1S/C15H20ClN5S/c1-3-8-22-15-19-13(16)12(17)14(20-15)21(18)9-11-6-4-10(2)5-7-11/h4-7H,3,8-9,17-18H2,1-2H3. The number of hydrogen-bond acceptors (Lipinski definition) is 6. The monoisotopic (exact) mass is 337 g/mol. The van der Waals surface area contributed by atoms with Gasteiger partial charge >= 0.3 is 0 Å². The minimum atomic E-state index is 0.239. The highest BCUT2D eigenvalue weighted by Crippen LogP contribution is 2.29. The lowest BCUT2D eigenvalue weighted by Gasteiger charge is -2.20. The van der Waals surface area contributed by atoms with Gasteiger partial charge in [-0.2, -0.15) is 0 Å². The molecule has 0 spiro atoms. The van der Waals surface area contributed by atoms with Crippen LogP contribution in [0.2, 0.25) is 5.15 Å². The highest BCUT2D eigenvalue weighted by Gasteiger charge is 2.15. The first-order chi connectivity index (χ1) is 10.5. The summed E-state index contributed by atoms with van der Waals surface area (Å²) < 4.78 is 0. The molecule has 7 heteroatoms. The van der Waals surface area contributed by atoms with Crippen LogP contribution in [-0.2, 0) is 6.54 Å². The van der Waals surface area contributed by atoms with E-state index in [1.54, 1.807) is 0 Å². The molecule has 1 aromatic heterocycles. The van der Waals surface area contributed by atoms with Crippen LogP contribution < -0.4 is 16.6 Å². The van der Waals surface area contributed by atoms with E-state index < -0.39 is 0 Å². The number of rotatable bonds is 6. The summed E-state index contributed by atoms with van der Waals surface area (Å²) in [7, 11) is 0. The summed E-state index contributed by atoms with van der Waals surface area (Å²) >= 11 is 7.63. The van der Waals surface area contributed by atoms with Gasteiger partial charge < -0.3 is 5.73 Å². The molecule has 0 amide bonds. The molecule has 0 aliphatic rings. The van der Waals surface area contributed by atoms with Gasteiger partial charge in [-0.3, -0.25) is 5.01 Å². The molecular formula is C15H20ClN5S. The number of benzene rings is 1. The van der Waals surface area contributed by atoms with Crippen molar-refractivity contribution in [3.8, 4) is 0 Å². The van der Waals surface area contributed by atoms with Gasteiger partial charge in [-0.15, -0.1) is 0 Å². The van der Waals surface area contributed by atoms with Crippen LogP contribution in [0.5, 0.6) is 0 Å². The van der Waals surface area contributed by atoms with E-state index in [0.717, 1.165) is 17.7 Å². The first-order valence-electron chi connectivity index (χ1n) is 7.04. The van der Waals surface area contributed by atoms with Gasteiger partial charge in [-0.1, -0.05) is 60.1 Å². The molecule has 1 heterocycles. The van der Waals surface area contributed by atoms with Crippen LogP contribution in [0.4, 0.5) is 11.5 Å². The van der Waals surface area contributed by atoms with Crippen molar-refractivity contribution < 1.29 is 0 Å². The van der Waals surface area contributed by atoms with E-state index in [1.165, 1.54) is 22.3 Å². The van der Waals surface area contributed by atoms with Crippen LogP contribution in [-0.4, -0.2) is 15.7 Å². The highest BCUT2D eigenvalue weighted by molar-refractivity contribution is 7.99. The van der Waals surface area contributed by atoms with Gasteiger partial charge in [-0.05, 0) is 18.9 Å². The summed E-state index contributed by atoms with van der Waals surface area (Å²) in [4.78, 5) is 8.61. The molecule has 2 rings (SSSR count). The van der Waals surface area contributed by atoms with Gasteiger partial charge in [0.15, 0.2) is 16.1 Å². The molecule has 0 bridgehead atoms. The zero-order valence-corrected chi connectivity index (χ0v) is 14.3. The average molecular weight is 338 g/mol. The van der Waals surface area contributed by atoms with Crippen molar-refractivity contribution in [1.82, 2.24) is 9.97 Å². The van der Waals surface area contributed by atoms with Crippen molar-refractivity contribution in [3.05, 3.63) is 40.5 Å². The Labute approximate surface area is 140 Å². The number of nitrogens with two attached hydrogens (primary N) is 2. The maximum Gasteiger partial charge on any atom is 0.191 e. The second kappa shape index (κ2) is 7.67. The molecule has 2 aromatic rings. The number of anilines is 2. The lowest BCUT2D eigenvalue weighted by molar-refractivity contribution is 0.809. The Balaban J connectivity index is 2.21. The molecule has 4 N–H and O–H groups in total. The van der Waals surface area contributed by atoms with Crippen LogP contribution in [0.25, 0.3) is 0 Å². The normalized spacial score (nSPS) is 10.7. The van der Waals surface area contributed by atoms with Crippen molar-refractivity contribution >= 4 is 34.9 Å². The lowest BCUT2D eigenvalue weighted by Crippen LogP contribution is -2.32. The molecule has 0 saturated heterocycles. The molecule has 0 aliphatic carbocycles. The first kappa shape index (κ1) is 16.9. The van der Waals surface area contributed by atoms with Gasteiger partial charge in [0.05, 0.1) is 6.54 Å². The second-order valence-corrected chi connectivity index (χ2v) is 6.42. The fourth-order valence-corrected chi connectivity index (χ4v) is 2.76. The largest absolute Gasteiger partial charge is 0.393 e. The Morgan fingerprint density at radius 3 is 2.55 bits per heavy atom.